The Balaban J connectivity index is 2.08. The number of carbonyl (C=O) groups excluding carboxylic acids is 4. The molecule has 9 nitrogen and oxygen atoms in total. The van der Waals surface area contributed by atoms with Crippen LogP contribution in [0.3, 0.4) is 0 Å². The van der Waals surface area contributed by atoms with Gasteiger partial charge in [0.05, 0.1) is 0 Å². The van der Waals surface area contributed by atoms with Gasteiger partial charge in [0.1, 0.15) is 29.3 Å². The summed E-state index contributed by atoms with van der Waals surface area (Å²) in [7, 11) is 0. The molecule has 0 aliphatic carbocycles. The smallest absolute Gasteiger partial charge is 0.408 e. The Morgan fingerprint density at radius 3 is 1.73 bits per heavy atom. The van der Waals surface area contributed by atoms with Crippen LogP contribution in [-0.2, 0) is 36.7 Å². The summed E-state index contributed by atoms with van der Waals surface area (Å²) in [6.45, 7) is 16.2. The van der Waals surface area contributed by atoms with Crippen LogP contribution < -0.4 is 10.6 Å². The van der Waals surface area contributed by atoms with E-state index >= 15 is 0 Å². The number of hydrogen-bond donors (Lipinski definition) is 2. The average molecular weight is 656 g/mol. The Hall–Kier alpha value is -4.92. The molecule has 0 saturated carbocycles. The lowest BCUT2D eigenvalue weighted by Gasteiger charge is -2.35. The number of alkyl carbamates (subject to hydrolysis) is 1. The third kappa shape index (κ3) is 11.7. The van der Waals surface area contributed by atoms with Gasteiger partial charge in [0.25, 0.3) is 0 Å². The molecule has 2 N–H and O–H groups in total. The predicted molar refractivity (Wildman–Crippen MR) is 187 cm³/mol. The Morgan fingerprint density at radius 2 is 1.23 bits per heavy atom. The van der Waals surface area contributed by atoms with Crippen LogP contribution in [0.15, 0.2) is 97.6 Å². The fraction of sp³-hybridized carbons (Fsp3) is 0.385. The highest BCUT2D eigenvalue weighted by Crippen LogP contribution is 2.27. The van der Waals surface area contributed by atoms with Crippen LogP contribution in [0.5, 0.6) is 0 Å². The summed E-state index contributed by atoms with van der Waals surface area (Å²) in [5.74, 6) is -1.70. The first kappa shape index (κ1) is 37.5. The highest BCUT2D eigenvalue weighted by atomic mass is 16.6. The van der Waals surface area contributed by atoms with Crippen molar-refractivity contribution in [1.82, 2.24) is 15.5 Å². The van der Waals surface area contributed by atoms with E-state index in [2.05, 4.69) is 17.2 Å². The van der Waals surface area contributed by atoms with Gasteiger partial charge in [-0.25, -0.2) is 9.59 Å². The minimum atomic E-state index is -1.18. The summed E-state index contributed by atoms with van der Waals surface area (Å²) >= 11 is 0. The molecule has 3 rings (SSSR count). The van der Waals surface area contributed by atoms with E-state index in [0.29, 0.717) is 5.56 Å². The molecule has 3 aromatic rings. The summed E-state index contributed by atoms with van der Waals surface area (Å²) in [5.41, 5.74) is 1.35. The first-order valence-corrected chi connectivity index (χ1v) is 16.2. The number of nitrogens with one attached hydrogen (secondary N) is 2. The summed E-state index contributed by atoms with van der Waals surface area (Å²) in [6.07, 6.45) is 1.08. The number of aryl methyl sites for hydroxylation is 1. The number of carbonyl (C=O) groups is 4. The average Bonchev–Trinajstić information content (AvgIpc) is 3.00. The maximum absolute atomic E-state index is 14.6. The molecule has 9 heteroatoms. The summed E-state index contributed by atoms with van der Waals surface area (Å²) < 4.78 is 11.2. The number of benzene rings is 3. The molecule has 0 spiro atoms. The van der Waals surface area contributed by atoms with E-state index in [-0.39, 0.29) is 19.4 Å². The van der Waals surface area contributed by atoms with Gasteiger partial charge in [-0.15, -0.1) is 6.58 Å². The van der Waals surface area contributed by atoms with Gasteiger partial charge < -0.3 is 25.0 Å². The van der Waals surface area contributed by atoms with Gasteiger partial charge in [-0.1, -0.05) is 91.0 Å². The molecular formula is C39H49N3O6. The van der Waals surface area contributed by atoms with Gasteiger partial charge in [0, 0.05) is 19.4 Å². The van der Waals surface area contributed by atoms with Gasteiger partial charge in [0.15, 0.2) is 0 Å². The van der Waals surface area contributed by atoms with E-state index in [1.807, 2.05) is 79.7 Å². The second-order valence-corrected chi connectivity index (χ2v) is 13.7. The Bertz CT molecular complexity index is 1540. The molecule has 0 aliphatic heterocycles. The lowest BCUT2D eigenvalue weighted by Crippen LogP contribution is -2.55. The topological polar surface area (TPSA) is 114 Å². The van der Waals surface area contributed by atoms with Crippen molar-refractivity contribution in [3.05, 3.63) is 120 Å². The van der Waals surface area contributed by atoms with E-state index in [1.165, 1.54) is 11.0 Å². The third-order valence-corrected chi connectivity index (χ3v) is 7.21. The highest BCUT2D eigenvalue weighted by Gasteiger charge is 2.38. The largest absolute Gasteiger partial charge is 0.458 e. The van der Waals surface area contributed by atoms with Gasteiger partial charge >= 0.3 is 12.1 Å². The summed E-state index contributed by atoms with van der Waals surface area (Å²) in [4.78, 5) is 57.0. The first-order chi connectivity index (χ1) is 22.6. The molecular weight excluding hydrogens is 606 g/mol. The first-order valence-electron chi connectivity index (χ1n) is 16.2. The zero-order valence-corrected chi connectivity index (χ0v) is 29.1. The lowest BCUT2D eigenvalue weighted by atomic mass is 9.96. The van der Waals surface area contributed by atoms with Crippen molar-refractivity contribution < 1.29 is 28.7 Å². The van der Waals surface area contributed by atoms with Crippen LogP contribution in [0.4, 0.5) is 4.79 Å². The standard InChI is InChI=1S/C39H49N3O6/c1-9-24-42(35(44)31(25-28-19-12-10-13-20-28)41-37(46)48-39(6,7)8)33(30-23-17-16-18-27(30)2)34(43)40-32(36(45)47-38(3,4)5)26-29-21-14-11-15-22-29/h9-23,31-33H,1,24-26H2,2-8H3,(H,40,43)(H,41,46). The molecule has 0 saturated heterocycles. The molecule has 256 valence electrons. The minimum absolute atomic E-state index is 0.0255. The quantitative estimate of drug-likeness (QED) is 0.166. The summed E-state index contributed by atoms with van der Waals surface area (Å²) in [5, 5.41) is 5.66. The Kier molecular flexibility index (Phi) is 13.1. The number of ether oxygens (including phenoxy) is 2. The second-order valence-electron chi connectivity index (χ2n) is 13.7. The van der Waals surface area contributed by atoms with E-state index < -0.39 is 53.2 Å². The third-order valence-electron chi connectivity index (χ3n) is 7.21. The van der Waals surface area contributed by atoms with E-state index in [0.717, 1.165) is 16.7 Å². The fourth-order valence-corrected chi connectivity index (χ4v) is 5.17. The van der Waals surface area contributed by atoms with Crippen molar-refractivity contribution in [3.63, 3.8) is 0 Å². The van der Waals surface area contributed by atoms with Crippen molar-refractivity contribution >= 4 is 23.9 Å². The van der Waals surface area contributed by atoms with Gasteiger partial charge in [0.2, 0.25) is 11.8 Å². The molecule has 0 radical (unpaired) electrons. The van der Waals surface area contributed by atoms with Crippen molar-refractivity contribution in [2.24, 2.45) is 0 Å². The van der Waals surface area contributed by atoms with Gasteiger partial charge in [-0.2, -0.15) is 0 Å². The normalized spacial score (nSPS) is 13.3. The SMILES string of the molecule is C=CCN(C(=O)C(Cc1ccccc1)NC(=O)OC(C)(C)C)C(C(=O)NC(Cc1ccccc1)C(=O)OC(C)(C)C)c1ccccc1C. The monoisotopic (exact) mass is 655 g/mol. The zero-order valence-electron chi connectivity index (χ0n) is 29.1. The molecule has 3 amide bonds. The molecule has 3 aromatic carbocycles. The van der Waals surface area contributed by atoms with Gasteiger partial charge in [-0.05, 0) is 70.7 Å². The van der Waals surface area contributed by atoms with E-state index in [1.54, 1.807) is 53.7 Å². The molecule has 0 fully saturated rings. The second kappa shape index (κ2) is 16.8. The molecule has 0 aliphatic rings. The van der Waals surface area contributed by atoms with Crippen LogP contribution in [0.25, 0.3) is 0 Å². The summed E-state index contributed by atoms with van der Waals surface area (Å²) in [6, 6.07) is 22.5. The molecule has 0 bridgehead atoms. The fourth-order valence-electron chi connectivity index (χ4n) is 5.17. The number of esters is 1. The number of rotatable bonds is 13. The van der Waals surface area contributed by atoms with Crippen LogP contribution >= 0.6 is 0 Å². The maximum atomic E-state index is 14.6. The van der Waals surface area contributed by atoms with Crippen LogP contribution in [0.2, 0.25) is 0 Å². The minimum Gasteiger partial charge on any atom is -0.458 e. The molecule has 3 unspecified atom stereocenters. The van der Waals surface area contributed by atoms with Crippen molar-refractivity contribution in [3.8, 4) is 0 Å². The van der Waals surface area contributed by atoms with Crippen molar-refractivity contribution in [2.45, 2.75) is 90.6 Å². The van der Waals surface area contributed by atoms with Crippen LogP contribution in [0.1, 0.15) is 69.8 Å². The Morgan fingerprint density at radius 1 is 0.729 bits per heavy atom. The maximum Gasteiger partial charge on any atom is 0.408 e. The highest BCUT2D eigenvalue weighted by molar-refractivity contribution is 5.94. The lowest BCUT2D eigenvalue weighted by molar-refractivity contribution is -0.159. The molecule has 0 heterocycles. The number of amides is 3. The number of hydrogen-bond acceptors (Lipinski definition) is 6. The molecule has 0 aromatic heterocycles. The van der Waals surface area contributed by atoms with Crippen LogP contribution in [-0.4, -0.2) is 58.6 Å². The van der Waals surface area contributed by atoms with E-state index in [9.17, 15) is 19.2 Å². The molecule has 3 atom stereocenters. The zero-order chi connectivity index (χ0) is 35.5. The van der Waals surface area contributed by atoms with Crippen molar-refractivity contribution in [1.29, 1.82) is 0 Å². The van der Waals surface area contributed by atoms with Gasteiger partial charge in [-0.3, -0.25) is 9.59 Å². The predicted octanol–water partition coefficient (Wildman–Crippen LogP) is 6.26. The number of nitrogens with zero attached hydrogens (tertiary/aromatic N) is 1. The van der Waals surface area contributed by atoms with Crippen molar-refractivity contribution in [2.75, 3.05) is 6.54 Å². The van der Waals surface area contributed by atoms with E-state index in [4.69, 9.17) is 9.47 Å². The van der Waals surface area contributed by atoms with Crippen LogP contribution in [0, 0.1) is 6.92 Å². The Labute approximate surface area is 284 Å². The molecule has 48 heavy (non-hydrogen) atoms.